The summed E-state index contributed by atoms with van der Waals surface area (Å²) in [4.78, 5) is 0. The number of benzene rings is 3. The lowest BCUT2D eigenvalue weighted by Crippen LogP contribution is -2.11. The summed E-state index contributed by atoms with van der Waals surface area (Å²) < 4.78 is 15.1. The van der Waals surface area contributed by atoms with Crippen LogP contribution in [0.2, 0.25) is 0 Å². The van der Waals surface area contributed by atoms with Gasteiger partial charge in [0, 0.05) is 11.6 Å². The molecule has 0 amide bonds. The second-order valence-electron chi connectivity index (χ2n) is 8.07. The Bertz CT molecular complexity index is 1280. The molecule has 1 unspecified atom stereocenters. The van der Waals surface area contributed by atoms with Crippen molar-refractivity contribution >= 4 is 26.8 Å². The second-order valence-corrected chi connectivity index (χ2v) is 8.86. The molecule has 32 heavy (non-hydrogen) atoms. The third kappa shape index (κ3) is 3.43. The number of nitrogens with zero attached hydrogens (tertiary/aromatic N) is 1. The molecule has 4 aromatic rings. The lowest BCUT2D eigenvalue weighted by molar-refractivity contribution is 0.396. The number of fused-ring (bicyclic) bond motifs is 1. The van der Waals surface area contributed by atoms with Gasteiger partial charge in [-0.2, -0.15) is 0 Å². The van der Waals surface area contributed by atoms with Gasteiger partial charge >= 0.3 is 0 Å². The van der Waals surface area contributed by atoms with Crippen molar-refractivity contribution in [2.75, 3.05) is 14.2 Å². The number of hydrogen-bond donors (Lipinski definition) is 0. The summed E-state index contributed by atoms with van der Waals surface area (Å²) in [6.45, 7) is 0. The second kappa shape index (κ2) is 8.87. The maximum Gasteiger partial charge on any atom is 0.138 e. The number of hydrogen-bond acceptors (Lipinski definition) is 2. The zero-order chi connectivity index (χ0) is 22.1. The molecular weight excluding hydrogens is 462 g/mol. The zero-order valence-corrected chi connectivity index (χ0v) is 19.9. The van der Waals surface area contributed by atoms with Crippen LogP contribution in [0.3, 0.4) is 0 Å². The number of aromatic nitrogens is 1. The van der Waals surface area contributed by atoms with E-state index >= 15 is 0 Å². The van der Waals surface area contributed by atoms with Gasteiger partial charge < -0.3 is 14.0 Å². The topological polar surface area (TPSA) is 23.4 Å². The van der Waals surface area contributed by atoms with Crippen LogP contribution in [0.15, 0.2) is 83.4 Å². The summed E-state index contributed by atoms with van der Waals surface area (Å²) in [6.07, 6.45) is 8.06. The van der Waals surface area contributed by atoms with Crippen LogP contribution < -0.4 is 9.47 Å². The van der Waals surface area contributed by atoms with Crippen LogP contribution in [0.4, 0.5) is 0 Å². The Morgan fingerprint density at radius 3 is 2.12 bits per heavy atom. The minimum Gasteiger partial charge on any atom is -0.496 e. The largest absolute Gasteiger partial charge is 0.496 e. The van der Waals surface area contributed by atoms with Gasteiger partial charge in [0.05, 0.1) is 41.3 Å². The molecular formula is C28H26BrNO2. The van der Waals surface area contributed by atoms with Crippen molar-refractivity contribution in [3.63, 3.8) is 0 Å². The first-order valence-electron chi connectivity index (χ1n) is 11.0. The highest BCUT2D eigenvalue weighted by molar-refractivity contribution is 9.10. The molecule has 1 aliphatic carbocycles. The SMILES string of the molecule is COc1cc(OC)c2c(-c3ccccc3)c(-c3ccccc3)n(C3C=CCCC3)c2c1Br. The summed E-state index contributed by atoms with van der Waals surface area (Å²) >= 11 is 3.89. The molecule has 162 valence electrons. The predicted molar refractivity (Wildman–Crippen MR) is 136 cm³/mol. The van der Waals surface area contributed by atoms with Gasteiger partial charge in [-0.1, -0.05) is 72.8 Å². The van der Waals surface area contributed by atoms with Crippen LogP contribution in [0.25, 0.3) is 33.3 Å². The fourth-order valence-electron chi connectivity index (χ4n) is 4.83. The van der Waals surface area contributed by atoms with Crippen LogP contribution in [0.1, 0.15) is 25.3 Å². The third-order valence-corrected chi connectivity index (χ3v) is 7.01. The molecule has 5 rings (SSSR count). The van der Waals surface area contributed by atoms with Crippen molar-refractivity contribution in [1.82, 2.24) is 4.57 Å². The molecule has 0 fully saturated rings. The normalized spacial score (nSPS) is 15.8. The predicted octanol–water partition coefficient (Wildman–Crippen LogP) is 8.04. The molecule has 0 aliphatic heterocycles. The highest BCUT2D eigenvalue weighted by Crippen LogP contribution is 2.51. The molecule has 0 N–H and O–H groups in total. The van der Waals surface area contributed by atoms with E-state index in [1.807, 2.05) is 6.07 Å². The highest BCUT2D eigenvalue weighted by Gasteiger charge is 2.29. The quantitative estimate of drug-likeness (QED) is 0.266. The Morgan fingerprint density at radius 2 is 1.53 bits per heavy atom. The van der Waals surface area contributed by atoms with Crippen LogP contribution in [0, 0.1) is 0 Å². The van der Waals surface area contributed by atoms with Gasteiger partial charge in [0.15, 0.2) is 0 Å². The highest BCUT2D eigenvalue weighted by atomic mass is 79.9. The van der Waals surface area contributed by atoms with Gasteiger partial charge in [-0.15, -0.1) is 0 Å². The fourth-order valence-corrected chi connectivity index (χ4v) is 5.50. The van der Waals surface area contributed by atoms with Gasteiger partial charge in [0.1, 0.15) is 11.5 Å². The average Bonchev–Trinajstić information content (AvgIpc) is 3.23. The summed E-state index contributed by atoms with van der Waals surface area (Å²) in [5, 5.41) is 1.10. The van der Waals surface area contributed by atoms with Gasteiger partial charge in [-0.3, -0.25) is 0 Å². The van der Waals surface area contributed by atoms with Crippen molar-refractivity contribution in [3.8, 4) is 33.9 Å². The van der Waals surface area contributed by atoms with Crippen LogP contribution >= 0.6 is 15.9 Å². The molecule has 1 heterocycles. The van der Waals surface area contributed by atoms with E-state index in [-0.39, 0.29) is 6.04 Å². The van der Waals surface area contributed by atoms with E-state index in [0.717, 1.165) is 39.7 Å². The van der Waals surface area contributed by atoms with Crippen LogP contribution in [0.5, 0.6) is 11.5 Å². The minimum atomic E-state index is 0.257. The first-order chi connectivity index (χ1) is 15.7. The Morgan fingerprint density at radius 1 is 0.875 bits per heavy atom. The number of rotatable bonds is 5. The third-order valence-electron chi connectivity index (χ3n) is 6.25. The Labute approximate surface area is 197 Å². The molecule has 0 bridgehead atoms. The van der Waals surface area contributed by atoms with Crippen molar-refractivity contribution in [3.05, 3.63) is 83.4 Å². The Balaban J connectivity index is 2.01. The summed E-state index contributed by atoms with van der Waals surface area (Å²) in [5.74, 6) is 1.58. The summed E-state index contributed by atoms with van der Waals surface area (Å²) in [5.41, 5.74) is 5.86. The van der Waals surface area contributed by atoms with Crippen LogP contribution in [-0.2, 0) is 0 Å². The summed E-state index contributed by atoms with van der Waals surface area (Å²) in [6, 6.07) is 23.5. The van der Waals surface area contributed by atoms with E-state index in [4.69, 9.17) is 9.47 Å². The number of allylic oxidation sites excluding steroid dienone is 2. The molecule has 1 atom stereocenters. The Kier molecular flexibility index (Phi) is 5.79. The van der Waals surface area contributed by atoms with Gasteiger partial charge in [-0.25, -0.2) is 0 Å². The Hall–Kier alpha value is -2.98. The molecule has 3 aromatic carbocycles. The molecule has 1 aromatic heterocycles. The summed E-state index contributed by atoms with van der Waals surface area (Å²) in [7, 11) is 3.44. The van der Waals surface area contributed by atoms with E-state index in [0.29, 0.717) is 0 Å². The van der Waals surface area contributed by atoms with Crippen molar-refractivity contribution in [2.45, 2.75) is 25.3 Å². The van der Waals surface area contributed by atoms with Crippen molar-refractivity contribution in [1.29, 1.82) is 0 Å². The fraction of sp³-hybridized carbons (Fsp3) is 0.214. The minimum absolute atomic E-state index is 0.257. The molecule has 0 saturated heterocycles. The van der Waals surface area contributed by atoms with Crippen LogP contribution in [-0.4, -0.2) is 18.8 Å². The van der Waals surface area contributed by atoms with Crippen molar-refractivity contribution in [2.24, 2.45) is 0 Å². The number of methoxy groups -OCH3 is 2. The molecule has 1 aliphatic rings. The number of halogens is 1. The molecule has 0 radical (unpaired) electrons. The van der Waals surface area contributed by atoms with Gasteiger partial charge in [0.25, 0.3) is 0 Å². The smallest absolute Gasteiger partial charge is 0.138 e. The first kappa shape index (κ1) is 20.9. The van der Waals surface area contributed by atoms with Crippen molar-refractivity contribution < 1.29 is 9.47 Å². The molecule has 3 nitrogen and oxygen atoms in total. The average molecular weight is 488 g/mol. The zero-order valence-electron chi connectivity index (χ0n) is 18.3. The molecule has 4 heteroatoms. The van der Waals surface area contributed by atoms with E-state index in [1.54, 1.807) is 14.2 Å². The monoisotopic (exact) mass is 487 g/mol. The molecule has 0 spiro atoms. The van der Waals surface area contributed by atoms with E-state index < -0.39 is 0 Å². The standard InChI is InChI=1S/C28H26BrNO2/c1-31-22-18-23(32-2)26(29)28-25(22)24(19-12-6-3-7-13-19)27(20-14-8-4-9-15-20)30(28)21-16-10-5-11-17-21/h3-4,6-10,12-16,18,21H,5,11,17H2,1-2H3. The lowest BCUT2D eigenvalue weighted by atomic mass is 9.97. The lowest BCUT2D eigenvalue weighted by Gasteiger charge is -2.24. The number of ether oxygens (including phenoxy) is 2. The first-order valence-corrected chi connectivity index (χ1v) is 11.8. The van der Waals surface area contributed by atoms with Gasteiger partial charge in [-0.05, 0) is 46.3 Å². The van der Waals surface area contributed by atoms with Gasteiger partial charge in [0.2, 0.25) is 0 Å². The van der Waals surface area contributed by atoms with E-state index in [1.165, 1.54) is 28.8 Å². The molecule has 0 saturated carbocycles. The van der Waals surface area contributed by atoms with E-state index in [9.17, 15) is 0 Å². The maximum atomic E-state index is 5.95. The maximum absolute atomic E-state index is 5.95. The van der Waals surface area contributed by atoms with E-state index in [2.05, 4.69) is 93.3 Å².